The predicted molar refractivity (Wildman–Crippen MR) is 235 cm³/mol. The van der Waals surface area contributed by atoms with Crippen LogP contribution in [0.4, 0.5) is 17.1 Å². The summed E-state index contributed by atoms with van der Waals surface area (Å²) in [5.74, 6) is 0.661. The summed E-state index contributed by atoms with van der Waals surface area (Å²) in [7, 11) is 0. The first-order valence-electron chi connectivity index (χ1n) is 18.9. The lowest BCUT2D eigenvalue weighted by Crippen LogP contribution is -2.16. The molecule has 260 valence electrons. The Morgan fingerprint density at radius 1 is 0.411 bits per heavy atom. The highest BCUT2D eigenvalue weighted by molar-refractivity contribution is 7.25. The number of hydrogen-bond donors (Lipinski definition) is 0. The second-order valence-corrected chi connectivity index (χ2v) is 15.7. The minimum Gasteiger partial charge on any atom is -0.309 e. The van der Waals surface area contributed by atoms with Gasteiger partial charge in [0.05, 0.1) is 50.0 Å². The number of nitrogens with zero attached hydrogens (tertiary/aromatic N) is 5. The normalized spacial score (nSPS) is 12.6. The Kier molecular flexibility index (Phi) is 5.98. The van der Waals surface area contributed by atoms with Crippen molar-refractivity contribution in [3.05, 3.63) is 176 Å². The molecule has 4 aromatic heterocycles. The van der Waals surface area contributed by atoms with Crippen molar-refractivity contribution < 1.29 is 0 Å². The van der Waals surface area contributed by atoms with Gasteiger partial charge < -0.3 is 9.47 Å². The molecular weight excluding hydrogens is 703 g/mol. The van der Waals surface area contributed by atoms with E-state index in [0.29, 0.717) is 5.95 Å². The third-order valence-corrected chi connectivity index (χ3v) is 12.8. The molecular formula is C50H29N5S. The van der Waals surface area contributed by atoms with Crippen molar-refractivity contribution in [2.24, 2.45) is 0 Å². The third kappa shape index (κ3) is 3.98. The Morgan fingerprint density at radius 2 is 1.12 bits per heavy atom. The number of rotatable bonds is 3. The van der Waals surface area contributed by atoms with Crippen LogP contribution >= 0.6 is 11.3 Å². The lowest BCUT2D eigenvalue weighted by atomic mass is 9.96. The van der Waals surface area contributed by atoms with Gasteiger partial charge in [0, 0.05) is 58.7 Å². The molecule has 0 saturated heterocycles. The van der Waals surface area contributed by atoms with Crippen LogP contribution in [0.5, 0.6) is 0 Å². The van der Waals surface area contributed by atoms with Gasteiger partial charge in [-0.3, -0.25) is 4.57 Å². The van der Waals surface area contributed by atoms with E-state index in [-0.39, 0.29) is 0 Å². The van der Waals surface area contributed by atoms with Gasteiger partial charge in [0.2, 0.25) is 5.95 Å². The molecule has 0 unspecified atom stereocenters. The Hall–Kier alpha value is -7.28. The minimum absolute atomic E-state index is 0.661. The van der Waals surface area contributed by atoms with Gasteiger partial charge in [-0.25, -0.2) is 9.97 Å². The predicted octanol–water partition coefficient (Wildman–Crippen LogP) is 13.6. The monoisotopic (exact) mass is 731 g/mol. The van der Waals surface area contributed by atoms with Crippen molar-refractivity contribution >= 4 is 103 Å². The fraction of sp³-hybridized carbons (Fsp3) is 0. The Morgan fingerprint density at radius 3 is 2.02 bits per heavy atom. The summed E-state index contributed by atoms with van der Waals surface area (Å²) in [6, 6.07) is 63.4. The molecule has 12 aromatic rings. The van der Waals surface area contributed by atoms with E-state index in [1.165, 1.54) is 47.2 Å². The van der Waals surface area contributed by atoms with E-state index in [0.717, 1.165) is 61.5 Å². The molecule has 0 N–H and O–H groups in total. The highest BCUT2D eigenvalue weighted by Gasteiger charge is 2.29. The van der Waals surface area contributed by atoms with Crippen LogP contribution in [-0.2, 0) is 0 Å². The van der Waals surface area contributed by atoms with Crippen LogP contribution in [-0.4, -0.2) is 19.1 Å². The van der Waals surface area contributed by atoms with E-state index in [1.807, 2.05) is 11.3 Å². The fourth-order valence-corrected chi connectivity index (χ4v) is 10.4. The van der Waals surface area contributed by atoms with Crippen molar-refractivity contribution in [3.8, 4) is 22.9 Å². The van der Waals surface area contributed by atoms with Crippen molar-refractivity contribution in [2.75, 3.05) is 4.90 Å². The van der Waals surface area contributed by atoms with Gasteiger partial charge in [0.25, 0.3) is 0 Å². The smallest absolute Gasteiger partial charge is 0.235 e. The first kappa shape index (κ1) is 30.1. The lowest BCUT2D eigenvalue weighted by molar-refractivity contribution is 1.01. The molecule has 0 radical (unpaired) electrons. The molecule has 0 spiro atoms. The van der Waals surface area contributed by atoms with E-state index in [2.05, 4.69) is 190 Å². The van der Waals surface area contributed by atoms with Crippen LogP contribution in [0.25, 0.3) is 97.6 Å². The molecule has 1 aliphatic heterocycles. The average molecular weight is 732 g/mol. The summed E-state index contributed by atoms with van der Waals surface area (Å²) in [5.41, 5.74) is 11.9. The van der Waals surface area contributed by atoms with E-state index in [4.69, 9.17) is 9.97 Å². The summed E-state index contributed by atoms with van der Waals surface area (Å²) < 4.78 is 7.36. The third-order valence-electron chi connectivity index (χ3n) is 11.6. The standard InChI is InChI=1S/C50H29N5S/c1-2-13-30(14-3-1)53-41-22-10-6-18-36(41)48-47-38(19-12-23-42(47)53)51-50(52-48)55-39-20-8-4-15-32(39)34-26-27-43-46(49(34)55)35-17-5-9-21-40(35)54(43)31-25-28-45-37(29-31)33-16-7-11-24-44(33)56-45/h1-29H. The molecule has 56 heavy (non-hydrogen) atoms. The number of hydrogen-bond acceptors (Lipinski definition) is 4. The van der Waals surface area contributed by atoms with Crippen LogP contribution in [0.3, 0.4) is 0 Å². The van der Waals surface area contributed by atoms with Gasteiger partial charge in [-0.05, 0) is 72.8 Å². The minimum atomic E-state index is 0.661. The number of thiophene rings is 1. The highest BCUT2D eigenvalue weighted by atomic mass is 32.1. The van der Waals surface area contributed by atoms with Gasteiger partial charge in [0.1, 0.15) is 0 Å². The van der Waals surface area contributed by atoms with Crippen LogP contribution < -0.4 is 4.90 Å². The molecule has 1 aliphatic rings. The summed E-state index contributed by atoms with van der Waals surface area (Å²) in [6.45, 7) is 0. The summed E-state index contributed by atoms with van der Waals surface area (Å²) in [5, 5.41) is 8.37. The summed E-state index contributed by atoms with van der Waals surface area (Å²) >= 11 is 1.85. The molecule has 0 saturated carbocycles. The zero-order valence-electron chi connectivity index (χ0n) is 29.9. The second kappa shape index (κ2) is 11.1. The first-order chi connectivity index (χ1) is 27.8. The van der Waals surface area contributed by atoms with Gasteiger partial charge in [-0.2, -0.15) is 0 Å². The quantitative estimate of drug-likeness (QED) is 0.182. The van der Waals surface area contributed by atoms with E-state index in [1.54, 1.807) is 0 Å². The summed E-state index contributed by atoms with van der Waals surface area (Å²) in [6.07, 6.45) is 0. The van der Waals surface area contributed by atoms with Crippen molar-refractivity contribution in [3.63, 3.8) is 0 Å². The van der Waals surface area contributed by atoms with E-state index >= 15 is 0 Å². The van der Waals surface area contributed by atoms with Crippen molar-refractivity contribution in [1.29, 1.82) is 0 Å². The number of fused-ring (bicyclic) bond motifs is 12. The molecule has 5 nitrogen and oxygen atoms in total. The molecule has 0 bridgehead atoms. The first-order valence-corrected chi connectivity index (χ1v) is 19.7. The van der Waals surface area contributed by atoms with Crippen LogP contribution in [0.1, 0.15) is 0 Å². The zero-order chi connectivity index (χ0) is 36.5. The molecule has 13 rings (SSSR count). The Bertz CT molecular complexity index is 3610. The number of para-hydroxylation sites is 4. The SMILES string of the molecule is c1ccc(N2c3ccccc3-c3nc(-n4c5ccccc5c5ccc6c(c7ccccc7n6-c6ccc7sc8ccccc8c7c6)c54)nc4cccc2c34)cc1. The van der Waals surface area contributed by atoms with Crippen LogP contribution in [0, 0.1) is 0 Å². The van der Waals surface area contributed by atoms with Crippen molar-refractivity contribution in [1.82, 2.24) is 19.1 Å². The zero-order valence-corrected chi connectivity index (χ0v) is 30.7. The maximum atomic E-state index is 5.57. The largest absolute Gasteiger partial charge is 0.309 e. The Labute approximate surface area is 324 Å². The van der Waals surface area contributed by atoms with Gasteiger partial charge in [0.15, 0.2) is 0 Å². The maximum absolute atomic E-state index is 5.57. The second-order valence-electron chi connectivity index (χ2n) is 14.6. The Balaban J connectivity index is 1.14. The molecule has 0 aliphatic carbocycles. The molecule has 8 aromatic carbocycles. The van der Waals surface area contributed by atoms with E-state index in [9.17, 15) is 0 Å². The van der Waals surface area contributed by atoms with Crippen molar-refractivity contribution in [2.45, 2.75) is 0 Å². The molecule has 5 heterocycles. The highest BCUT2D eigenvalue weighted by Crippen LogP contribution is 2.50. The van der Waals surface area contributed by atoms with Gasteiger partial charge in [-0.1, -0.05) is 103 Å². The fourth-order valence-electron chi connectivity index (χ4n) is 9.34. The van der Waals surface area contributed by atoms with Crippen LogP contribution in [0.2, 0.25) is 0 Å². The maximum Gasteiger partial charge on any atom is 0.235 e. The number of aromatic nitrogens is 4. The van der Waals surface area contributed by atoms with Gasteiger partial charge in [-0.15, -0.1) is 11.3 Å². The number of anilines is 3. The average Bonchev–Trinajstić information content (AvgIpc) is 3.91. The van der Waals surface area contributed by atoms with Gasteiger partial charge >= 0.3 is 0 Å². The molecule has 0 amide bonds. The molecule has 6 heteroatoms. The molecule has 0 fully saturated rings. The number of benzene rings is 8. The summed E-state index contributed by atoms with van der Waals surface area (Å²) in [4.78, 5) is 13.4. The molecule has 0 atom stereocenters. The van der Waals surface area contributed by atoms with Crippen LogP contribution in [0.15, 0.2) is 176 Å². The lowest BCUT2D eigenvalue weighted by Gasteiger charge is -2.32. The van der Waals surface area contributed by atoms with E-state index < -0.39 is 0 Å². The topological polar surface area (TPSA) is 38.9 Å².